The second-order valence-electron chi connectivity index (χ2n) is 6.94. The maximum absolute atomic E-state index is 11.2. The number of carbonyl (C=O) groups excluding carboxylic acids is 1. The number of likely N-dealkylation sites (N-methyl/N-ethyl adjacent to an activating group) is 1. The van der Waals surface area contributed by atoms with Crippen LogP contribution in [0.15, 0.2) is 24.4 Å². The SMILES string of the molecule is CC(=O)NC[C@H]1C[C@@H]2c3cccc4[nH]cc(c34)C[C@H]2N(C)C1. The van der Waals surface area contributed by atoms with Crippen molar-refractivity contribution in [3.8, 4) is 0 Å². The van der Waals surface area contributed by atoms with Gasteiger partial charge in [0.05, 0.1) is 0 Å². The van der Waals surface area contributed by atoms with E-state index in [1.807, 2.05) is 0 Å². The molecule has 2 heterocycles. The van der Waals surface area contributed by atoms with Crippen molar-refractivity contribution >= 4 is 16.8 Å². The first-order valence-electron chi connectivity index (χ1n) is 8.17. The Morgan fingerprint density at radius 3 is 3.14 bits per heavy atom. The maximum Gasteiger partial charge on any atom is 0.216 e. The number of nitrogens with zero attached hydrogens (tertiary/aromatic N) is 1. The first kappa shape index (κ1) is 13.8. The molecule has 3 atom stereocenters. The molecule has 1 aromatic carbocycles. The monoisotopic (exact) mass is 297 g/mol. The first-order valence-corrected chi connectivity index (χ1v) is 8.17. The van der Waals surface area contributed by atoms with Gasteiger partial charge in [-0.05, 0) is 43.0 Å². The Kier molecular flexibility index (Phi) is 3.22. The normalized spacial score (nSPS) is 27.6. The highest BCUT2D eigenvalue weighted by atomic mass is 16.1. The zero-order valence-electron chi connectivity index (χ0n) is 13.2. The Labute approximate surface area is 130 Å². The lowest BCUT2D eigenvalue weighted by Gasteiger charge is -2.45. The third-order valence-electron chi connectivity index (χ3n) is 5.45. The van der Waals surface area contributed by atoms with E-state index >= 15 is 0 Å². The van der Waals surface area contributed by atoms with Crippen LogP contribution in [0.25, 0.3) is 10.9 Å². The summed E-state index contributed by atoms with van der Waals surface area (Å²) in [5, 5.41) is 4.44. The van der Waals surface area contributed by atoms with Crippen LogP contribution in [0.3, 0.4) is 0 Å². The molecule has 0 saturated carbocycles. The molecule has 4 nitrogen and oxygen atoms in total. The van der Waals surface area contributed by atoms with Crippen molar-refractivity contribution in [2.24, 2.45) is 5.92 Å². The van der Waals surface area contributed by atoms with Crippen LogP contribution in [0.5, 0.6) is 0 Å². The molecule has 2 N–H and O–H groups in total. The van der Waals surface area contributed by atoms with Gasteiger partial charge in [0.2, 0.25) is 5.91 Å². The largest absolute Gasteiger partial charge is 0.361 e. The van der Waals surface area contributed by atoms with Crippen molar-refractivity contribution in [2.45, 2.75) is 31.7 Å². The molecule has 1 amide bonds. The number of nitrogens with one attached hydrogen (secondary N) is 2. The fourth-order valence-electron chi connectivity index (χ4n) is 4.49. The number of amides is 1. The van der Waals surface area contributed by atoms with Crippen molar-refractivity contribution in [3.63, 3.8) is 0 Å². The van der Waals surface area contributed by atoms with Gasteiger partial charge in [-0.1, -0.05) is 12.1 Å². The Hall–Kier alpha value is -1.81. The van der Waals surface area contributed by atoms with Crippen LogP contribution < -0.4 is 5.32 Å². The molecule has 4 heteroatoms. The maximum atomic E-state index is 11.2. The Morgan fingerprint density at radius 1 is 1.45 bits per heavy atom. The average molecular weight is 297 g/mol. The van der Waals surface area contributed by atoms with E-state index in [1.54, 1.807) is 6.92 Å². The number of hydrogen-bond acceptors (Lipinski definition) is 2. The van der Waals surface area contributed by atoms with E-state index in [0.29, 0.717) is 17.9 Å². The van der Waals surface area contributed by atoms with E-state index in [9.17, 15) is 4.79 Å². The number of aromatic amines is 1. The van der Waals surface area contributed by atoms with Gasteiger partial charge in [-0.3, -0.25) is 4.79 Å². The molecule has 1 aliphatic carbocycles. The molecule has 4 rings (SSSR count). The summed E-state index contributed by atoms with van der Waals surface area (Å²) in [6.07, 6.45) is 4.48. The molecule has 0 spiro atoms. The van der Waals surface area contributed by atoms with E-state index < -0.39 is 0 Å². The smallest absolute Gasteiger partial charge is 0.216 e. The number of rotatable bonds is 2. The van der Waals surface area contributed by atoms with E-state index in [0.717, 1.165) is 19.5 Å². The lowest BCUT2D eigenvalue weighted by Crippen LogP contribution is -2.50. The second-order valence-corrected chi connectivity index (χ2v) is 6.94. The molecule has 2 aliphatic rings. The molecule has 0 radical (unpaired) electrons. The highest BCUT2D eigenvalue weighted by Gasteiger charge is 2.39. The quantitative estimate of drug-likeness (QED) is 0.893. The average Bonchev–Trinajstić information content (AvgIpc) is 2.91. The summed E-state index contributed by atoms with van der Waals surface area (Å²) < 4.78 is 0. The minimum absolute atomic E-state index is 0.0726. The van der Waals surface area contributed by atoms with Gasteiger partial charge in [-0.25, -0.2) is 0 Å². The van der Waals surface area contributed by atoms with Crippen LogP contribution in [0, 0.1) is 5.92 Å². The highest BCUT2D eigenvalue weighted by molar-refractivity contribution is 5.88. The van der Waals surface area contributed by atoms with Crippen LogP contribution in [-0.2, 0) is 11.2 Å². The fourth-order valence-corrected chi connectivity index (χ4v) is 4.49. The van der Waals surface area contributed by atoms with Crippen LogP contribution in [0.1, 0.15) is 30.4 Å². The molecule has 22 heavy (non-hydrogen) atoms. The van der Waals surface area contributed by atoms with Gasteiger partial charge < -0.3 is 15.2 Å². The second kappa shape index (κ2) is 5.13. The molecule has 1 saturated heterocycles. The van der Waals surface area contributed by atoms with Crippen molar-refractivity contribution < 1.29 is 4.79 Å². The molecule has 1 aliphatic heterocycles. The number of piperidine rings is 1. The van der Waals surface area contributed by atoms with E-state index in [4.69, 9.17) is 0 Å². The summed E-state index contributed by atoms with van der Waals surface area (Å²) in [5.41, 5.74) is 4.21. The van der Waals surface area contributed by atoms with Crippen LogP contribution in [0.2, 0.25) is 0 Å². The summed E-state index contributed by atoms with van der Waals surface area (Å²) in [4.78, 5) is 17.1. The number of likely N-dealkylation sites (tertiary alicyclic amines) is 1. The molecule has 2 aromatic rings. The van der Waals surface area contributed by atoms with Gasteiger partial charge in [0, 0.05) is 49.1 Å². The standard InChI is InChI=1S/C18H23N3O/c1-11(22)19-8-12-6-15-14-4-3-5-16-18(14)13(9-20-16)7-17(15)21(2)10-12/h3-5,9,12,15,17,20H,6-8,10H2,1-2H3,(H,19,22)/t12-,15-,17-/m1/s1. The van der Waals surface area contributed by atoms with Gasteiger partial charge in [-0.2, -0.15) is 0 Å². The predicted octanol–water partition coefficient (Wildman–Crippen LogP) is 2.26. The molecule has 1 fully saturated rings. The van der Waals surface area contributed by atoms with E-state index in [2.05, 4.69) is 46.6 Å². The van der Waals surface area contributed by atoms with Crippen LogP contribution >= 0.6 is 0 Å². The molecule has 0 bridgehead atoms. The zero-order chi connectivity index (χ0) is 15.3. The third kappa shape index (κ3) is 2.13. The number of carbonyl (C=O) groups is 1. The number of hydrogen-bond donors (Lipinski definition) is 2. The van der Waals surface area contributed by atoms with E-state index in [-0.39, 0.29) is 5.91 Å². The number of H-pyrrole nitrogens is 1. The molecule has 0 unspecified atom stereocenters. The topological polar surface area (TPSA) is 48.1 Å². The summed E-state index contributed by atoms with van der Waals surface area (Å²) in [7, 11) is 2.23. The lowest BCUT2D eigenvalue weighted by molar-refractivity contribution is -0.119. The molecular weight excluding hydrogens is 274 g/mol. The Balaban J connectivity index is 1.67. The molecular formula is C18H23N3O. The van der Waals surface area contributed by atoms with Gasteiger partial charge in [-0.15, -0.1) is 0 Å². The molecule has 116 valence electrons. The van der Waals surface area contributed by atoms with Crippen LogP contribution in [-0.4, -0.2) is 42.0 Å². The first-order chi connectivity index (χ1) is 10.6. The number of benzene rings is 1. The predicted molar refractivity (Wildman–Crippen MR) is 88.0 cm³/mol. The van der Waals surface area contributed by atoms with Crippen molar-refractivity contribution in [3.05, 3.63) is 35.5 Å². The summed E-state index contributed by atoms with van der Waals surface area (Å²) in [6.45, 7) is 3.46. The van der Waals surface area contributed by atoms with Crippen molar-refractivity contribution in [1.82, 2.24) is 15.2 Å². The van der Waals surface area contributed by atoms with Gasteiger partial charge in [0.1, 0.15) is 0 Å². The minimum atomic E-state index is 0.0726. The molecule has 1 aromatic heterocycles. The van der Waals surface area contributed by atoms with Crippen LogP contribution in [0.4, 0.5) is 0 Å². The third-order valence-corrected chi connectivity index (χ3v) is 5.45. The summed E-state index contributed by atoms with van der Waals surface area (Å²) in [6, 6.07) is 7.22. The van der Waals surface area contributed by atoms with Crippen molar-refractivity contribution in [1.29, 1.82) is 0 Å². The van der Waals surface area contributed by atoms with Gasteiger partial charge in [0.25, 0.3) is 0 Å². The number of aromatic nitrogens is 1. The summed E-state index contributed by atoms with van der Waals surface area (Å²) >= 11 is 0. The Bertz CT molecular complexity index is 720. The van der Waals surface area contributed by atoms with Gasteiger partial charge >= 0.3 is 0 Å². The highest BCUT2D eigenvalue weighted by Crippen LogP contribution is 2.44. The minimum Gasteiger partial charge on any atom is -0.361 e. The van der Waals surface area contributed by atoms with E-state index in [1.165, 1.54) is 28.5 Å². The van der Waals surface area contributed by atoms with Crippen molar-refractivity contribution in [2.75, 3.05) is 20.1 Å². The summed E-state index contributed by atoms with van der Waals surface area (Å²) in [5.74, 6) is 1.18. The number of fused-ring (bicyclic) bond motifs is 2. The lowest BCUT2D eigenvalue weighted by atomic mass is 9.72. The van der Waals surface area contributed by atoms with Gasteiger partial charge in [0.15, 0.2) is 0 Å². The fraction of sp³-hybridized carbons (Fsp3) is 0.500. The zero-order valence-corrected chi connectivity index (χ0v) is 13.2. The Morgan fingerprint density at radius 2 is 2.32 bits per heavy atom.